The predicted molar refractivity (Wildman–Crippen MR) is 71.6 cm³/mol. The van der Waals surface area contributed by atoms with Gasteiger partial charge in [0.05, 0.1) is 6.42 Å². The highest BCUT2D eigenvalue weighted by atomic mass is 16.4. The van der Waals surface area contributed by atoms with Gasteiger partial charge in [0.15, 0.2) is 0 Å². The maximum Gasteiger partial charge on any atom is 0.304 e. The van der Waals surface area contributed by atoms with E-state index in [0.717, 1.165) is 25.9 Å². The van der Waals surface area contributed by atoms with Crippen LogP contribution in [0.25, 0.3) is 0 Å². The van der Waals surface area contributed by atoms with Crippen molar-refractivity contribution in [3.05, 3.63) is 35.9 Å². The molecule has 3 heteroatoms. The third-order valence-electron chi connectivity index (χ3n) is 3.68. The summed E-state index contributed by atoms with van der Waals surface area (Å²) < 4.78 is 0. The van der Waals surface area contributed by atoms with E-state index in [1.165, 1.54) is 18.4 Å². The number of carboxylic acid groups (broad SMARTS) is 1. The van der Waals surface area contributed by atoms with Gasteiger partial charge in [0.25, 0.3) is 0 Å². The number of likely N-dealkylation sites (tertiary alicyclic amines) is 1. The third-order valence-corrected chi connectivity index (χ3v) is 3.68. The molecule has 1 aromatic rings. The van der Waals surface area contributed by atoms with E-state index < -0.39 is 5.97 Å². The molecule has 0 aromatic heterocycles. The zero-order valence-corrected chi connectivity index (χ0v) is 10.7. The number of benzene rings is 1. The Morgan fingerprint density at radius 2 is 1.89 bits per heavy atom. The normalized spacial score (nSPS) is 17.8. The first-order valence-electron chi connectivity index (χ1n) is 6.75. The molecular weight excluding hydrogens is 226 g/mol. The van der Waals surface area contributed by atoms with Gasteiger partial charge in [-0.3, -0.25) is 9.69 Å². The molecular formula is C15H21NO2. The Balaban J connectivity index is 1.90. The Kier molecular flexibility index (Phi) is 4.76. The van der Waals surface area contributed by atoms with Crippen LogP contribution < -0.4 is 0 Å². The van der Waals surface area contributed by atoms with Crippen molar-refractivity contribution >= 4 is 5.97 Å². The fourth-order valence-corrected chi connectivity index (χ4v) is 2.70. The third kappa shape index (κ3) is 3.84. The largest absolute Gasteiger partial charge is 0.481 e. The van der Waals surface area contributed by atoms with Gasteiger partial charge in [-0.15, -0.1) is 0 Å². The second-order valence-corrected chi connectivity index (χ2v) is 5.02. The highest BCUT2D eigenvalue weighted by Crippen LogP contribution is 2.18. The van der Waals surface area contributed by atoms with Crippen LogP contribution in [0.1, 0.15) is 31.2 Å². The number of hydrogen-bond donors (Lipinski definition) is 1. The zero-order chi connectivity index (χ0) is 12.8. The fourth-order valence-electron chi connectivity index (χ4n) is 2.70. The molecule has 3 nitrogen and oxygen atoms in total. The van der Waals surface area contributed by atoms with Gasteiger partial charge in [-0.25, -0.2) is 0 Å². The van der Waals surface area contributed by atoms with Crippen molar-refractivity contribution in [2.45, 2.75) is 38.1 Å². The number of nitrogens with zero attached hydrogens (tertiary/aromatic N) is 1. The second kappa shape index (κ2) is 6.55. The van der Waals surface area contributed by atoms with Gasteiger partial charge in [0, 0.05) is 6.04 Å². The minimum atomic E-state index is -0.681. The number of carbonyl (C=O) groups is 1. The molecule has 18 heavy (non-hydrogen) atoms. The van der Waals surface area contributed by atoms with Crippen LogP contribution in [-0.2, 0) is 11.2 Å². The number of aliphatic carboxylic acids is 1. The van der Waals surface area contributed by atoms with Crippen LogP contribution in [0.3, 0.4) is 0 Å². The summed E-state index contributed by atoms with van der Waals surface area (Å²) in [4.78, 5) is 13.3. The van der Waals surface area contributed by atoms with Crippen molar-refractivity contribution in [2.75, 3.05) is 13.1 Å². The smallest absolute Gasteiger partial charge is 0.304 e. The van der Waals surface area contributed by atoms with Gasteiger partial charge in [0.2, 0.25) is 0 Å². The molecule has 1 N–H and O–H groups in total. The lowest BCUT2D eigenvalue weighted by Crippen LogP contribution is -2.35. The lowest BCUT2D eigenvalue weighted by Gasteiger charge is -2.26. The lowest BCUT2D eigenvalue weighted by molar-refractivity contribution is -0.138. The van der Waals surface area contributed by atoms with E-state index in [9.17, 15) is 4.79 Å². The highest BCUT2D eigenvalue weighted by molar-refractivity contribution is 5.67. The molecule has 0 aliphatic carbocycles. The summed E-state index contributed by atoms with van der Waals surface area (Å²) in [6, 6.07) is 10.5. The van der Waals surface area contributed by atoms with Gasteiger partial charge in [-0.1, -0.05) is 30.3 Å². The van der Waals surface area contributed by atoms with Gasteiger partial charge in [-0.2, -0.15) is 0 Å². The summed E-state index contributed by atoms with van der Waals surface area (Å²) in [6.07, 6.45) is 4.60. The SMILES string of the molecule is O=C(O)CC(CCc1ccccc1)N1CCCC1. The summed E-state index contributed by atoms with van der Waals surface area (Å²) in [6.45, 7) is 2.12. The van der Waals surface area contributed by atoms with Gasteiger partial charge >= 0.3 is 5.97 Å². The number of hydrogen-bond acceptors (Lipinski definition) is 2. The standard InChI is InChI=1S/C15H21NO2/c17-15(18)12-14(16-10-4-5-11-16)9-8-13-6-2-1-3-7-13/h1-3,6-7,14H,4-5,8-12H2,(H,17,18). The molecule has 1 unspecified atom stereocenters. The van der Waals surface area contributed by atoms with E-state index in [2.05, 4.69) is 17.0 Å². The molecule has 0 amide bonds. The molecule has 1 aliphatic heterocycles. The van der Waals surface area contributed by atoms with Gasteiger partial charge < -0.3 is 5.11 Å². The topological polar surface area (TPSA) is 40.5 Å². The minimum Gasteiger partial charge on any atom is -0.481 e. The summed E-state index contributed by atoms with van der Waals surface area (Å²) >= 11 is 0. The Morgan fingerprint density at radius 3 is 2.50 bits per heavy atom. The van der Waals surface area contributed by atoms with E-state index in [1.807, 2.05) is 18.2 Å². The van der Waals surface area contributed by atoms with Crippen molar-refractivity contribution in [1.29, 1.82) is 0 Å². The maximum atomic E-state index is 11.0. The van der Waals surface area contributed by atoms with Crippen LogP contribution in [0, 0.1) is 0 Å². The van der Waals surface area contributed by atoms with Crippen molar-refractivity contribution in [3.63, 3.8) is 0 Å². The van der Waals surface area contributed by atoms with Crippen molar-refractivity contribution < 1.29 is 9.90 Å². The molecule has 1 aromatic carbocycles. The second-order valence-electron chi connectivity index (χ2n) is 5.02. The molecule has 2 rings (SSSR count). The molecule has 1 aliphatic rings. The summed E-state index contributed by atoms with van der Waals surface area (Å²) in [5, 5.41) is 9.01. The van der Waals surface area contributed by atoms with Crippen LogP contribution in [0.5, 0.6) is 0 Å². The van der Waals surface area contributed by atoms with Crippen LogP contribution in [-0.4, -0.2) is 35.1 Å². The molecule has 98 valence electrons. The monoisotopic (exact) mass is 247 g/mol. The quantitative estimate of drug-likeness (QED) is 0.840. The molecule has 0 bridgehead atoms. The summed E-state index contributed by atoms with van der Waals surface area (Å²) in [5.41, 5.74) is 1.30. The Morgan fingerprint density at radius 1 is 1.22 bits per heavy atom. The van der Waals surface area contributed by atoms with E-state index in [0.29, 0.717) is 0 Å². The Hall–Kier alpha value is -1.35. The molecule has 0 spiro atoms. The summed E-state index contributed by atoms with van der Waals surface area (Å²) in [5.74, 6) is -0.681. The fraction of sp³-hybridized carbons (Fsp3) is 0.533. The van der Waals surface area contributed by atoms with Gasteiger partial charge in [0.1, 0.15) is 0 Å². The van der Waals surface area contributed by atoms with Crippen molar-refractivity contribution in [3.8, 4) is 0 Å². The minimum absolute atomic E-state index is 0.199. The van der Waals surface area contributed by atoms with Crippen molar-refractivity contribution in [1.82, 2.24) is 4.90 Å². The number of carboxylic acids is 1. The average Bonchev–Trinajstić information content (AvgIpc) is 2.89. The molecule has 1 fully saturated rings. The first kappa shape index (κ1) is 13.1. The van der Waals surface area contributed by atoms with Crippen molar-refractivity contribution in [2.24, 2.45) is 0 Å². The first-order valence-corrected chi connectivity index (χ1v) is 6.75. The molecule has 0 radical (unpaired) electrons. The maximum absolute atomic E-state index is 11.0. The van der Waals surface area contributed by atoms with Gasteiger partial charge in [-0.05, 0) is 44.3 Å². The summed E-state index contributed by atoms with van der Waals surface area (Å²) in [7, 11) is 0. The zero-order valence-electron chi connectivity index (χ0n) is 10.7. The Labute approximate surface area is 108 Å². The van der Waals surface area contributed by atoms with E-state index in [4.69, 9.17) is 5.11 Å². The Bertz CT molecular complexity index is 371. The molecule has 1 atom stereocenters. The first-order chi connectivity index (χ1) is 8.75. The van der Waals surface area contributed by atoms with Crippen LogP contribution >= 0.6 is 0 Å². The molecule has 1 heterocycles. The van der Waals surface area contributed by atoms with E-state index in [-0.39, 0.29) is 12.5 Å². The van der Waals surface area contributed by atoms with Crippen LogP contribution in [0.2, 0.25) is 0 Å². The number of rotatable bonds is 6. The van der Waals surface area contributed by atoms with Crippen LogP contribution in [0.15, 0.2) is 30.3 Å². The lowest BCUT2D eigenvalue weighted by atomic mass is 10.0. The molecule has 1 saturated heterocycles. The van der Waals surface area contributed by atoms with E-state index in [1.54, 1.807) is 0 Å². The predicted octanol–water partition coefficient (Wildman–Crippen LogP) is 2.56. The molecule has 0 saturated carbocycles. The number of aryl methyl sites for hydroxylation is 1. The average molecular weight is 247 g/mol. The van der Waals surface area contributed by atoms with Crippen LogP contribution in [0.4, 0.5) is 0 Å². The van der Waals surface area contributed by atoms with E-state index >= 15 is 0 Å². The highest BCUT2D eigenvalue weighted by Gasteiger charge is 2.23.